The van der Waals surface area contributed by atoms with E-state index >= 15 is 0 Å². The molecule has 0 bridgehead atoms. The van der Waals surface area contributed by atoms with Crippen LogP contribution in [0.15, 0.2) is 23.8 Å². The van der Waals surface area contributed by atoms with Crippen LogP contribution in [0.2, 0.25) is 0 Å². The van der Waals surface area contributed by atoms with E-state index in [1.54, 1.807) is 13.8 Å². The molecule has 2 aliphatic heterocycles. The Hall–Kier alpha value is -1.70. The number of ether oxygens (including phenoxy) is 2. The number of aliphatic hydroxyl groups is 3. The summed E-state index contributed by atoms with van der Waals surface area (Å²) in [6.45, 7) is 11.6. The lowest BCUT2D eigenvalue weighted by molar-refractivity contribution is -0.236. The van der Waals surface area contributed by atoms with Crippen LogP contribution < -0.4 is 0 Å². The molecule has 0 aromatic heterocycles. The van der Waals surface area contributed by atoms with Crippen molar-refractivity contribution in [1.29, 1.82) is 0 Å². The van der Waals surface area contributed by atoms with Gasteiger partial charge in [-0.05, 0) is 82.5 Å². The quantitative estimate of drug-likeness (QED) is 0.484. The molecule has 6 aliphatic rings. The molecule has 2 spiro atoms. The van der Waals surface area contributed by atoms with E-state index < -0.39 is 46.3 Å². The third-order valence-corrected chi connectivity index (χ3v) is 12.6. The predicted molar refractivity (Wildman–Crippen MR) is 135 cm³/mol. The summed E-state index contributed by atoms with van der Waals surface area (Å²) < 4.78 is 11.5. The Labute approximate surface area is 219 Å². The minimum absolute atomic E-state index is 0.116. The highest BCUT2D eigenvalue weighted by Gasteiger charge is 2.85. The monoisotopic (exact) mass is 514 g/mol. The zero-order valence-corrected chi connectivity index (χ0v) is 22.9. The van der Waals surface area contributed by atoms with Crippen LogP contribution in [0.25, 0.3) is 0 Å². The van der Waals surface area contributed by atoms with E-state index in [0.717, 1.165) is 12.8 Å². The molecule has 11 atom stereocenters. The van der Waals surface area contributed by atoms with Gasteiger partial charge in [0.15, 0.2) is 0 Å². The molecular weight excluding hydrogens is 472 g/mol. The third-order valence-electron chi connectivity index (χ3n) is 12.6. The zero-order chi connectivity index (χ0) is 27.0. The first kappa shape index (κ1) is 25.6. The number of fused-ring (bicyclic) bond motifs is 2. The smallest absolute Gasteiger partial charge is 0.333 e. The van der Waals surface area contributed by atoms with Crippen molar-refractivity contribution >= 4 is 11.9 Å². The van der Waals surface area contributed by atoms with Crippen molar-refractivity contribution in [1.82, 2.24) is 0 Å². The van der Waals surface area contributed by atoms with Gasteiger partial charge in [0.2, 0.25) is 0 Å². The molecule has 3 N–H and O–H groups in total. The first-order valence-corrected chi connectivity index (χ1v) is 14.0. The van der Waals surface area contributed by atoms with Crippen molar-refractivity contribution in [2.45, 2.75) is 110 Å². The molecule has 0 radical (unpaired) electrons. The van der Waals surface area contributed by atoms with E-state index in [1.807, 2.05) is 26.0 Å². The lowest BCUT2D eigenvalue weighted by atomic mass is 9.42. The summed E-state index contributed by atoms with van der Waals surface area (Å²) in [6.07, 6.45) is 7.27. The van der Waals surface area contributed by atoms with Gasteiger partial charge in [0.25, 0.3) is 0 Å². The maximum Gasteiger partial charge on any atom is 0.333 e. The zero-order valence-electron chi connectivity index (χ0n) is 22.9. The molecule has 4 saturated carbocycles. The molecule has 0 aromatic rings. The minimum atomic E-state index is -1.31. The fraction of sp³-hybridized carbons (Fsp3) is 0.800. The van der Waals surface area contributed by atoms with Gasteiger partial charge in [-0.1, -0.05) is 26.0 Å². The largest absolute Gasteiger partial charge is 0.456 e. The molecule has 7 nitrogen and oxygen atoms in total. The van der Waals surface area contributed by atoms with E-state index in [0.29, 0.717) is 31.3 Å². The molecule has 11 unspecified atom stereocenters. The summed E-state index contributed by atoms with van der Waals surface area (Å²) in [4.78, 5) is 24.8. The van der Waals surface area contributed by atoms with Gasteiger partial charge in [-0.15, -0.1) is 0 Å². The number of allylic oxidation sites excluding steroid dienone is 1. The average molecular weight is 515 g/mol. The van der Waals surface area contributed by atoms with E-state index in [2.05, 4.69) is 13.8 Å². The summed E-state index contributed by atoms with van der Waals surface area (Å²) in [6, 6.07) is 0. The van der Waals surface area contributed by atoms with E-state index in [4.69, 9.17) is 9.47 Å². The Balaban J connectivity index is 1.40. The summed E-state index contributed by atoms with van der Waals surface area (Å²) in [5.74, 6) is -1.18. The van der Waals surface area contributed by atoms with Gasteiger partial charge in [0.05, 0.1) is 12.2 Å². The molecular formula is C30H42O7. The Bertz CT molecular complexity index is 1120. The van der Waals surface area contributed by atoms with Gasteiger partial charge in [-0.25, -0.2) is 9.59 Å². The first-order valence-electron chi connectivity index (χ1n) is 14.0. The van der Waals surface area contributed by atoms with Crippen LogP contribution in [-0.4, -0.2) is 56.8 Å². The number of rotatable bonds is 2. The van der Waals surface area contributed by atoms with Crippen LogP contribution in [0.5, 0.6) is 0 Å². The number of carbonyl (C=O) groups is 2. The fourth-order valence-electron chi connectivity index (χ4n) is 10.8. The molecule has 6 rings (SSSR count). The molecule has 0 amide bonds. The van der Waals surface area contributed by atoms with Crippen molar-refractivity contribution < 1.29 is 34.4 Å². The van der Waals surface area contributed by atoms with Crippen LogP contribution >= 0.6 is 0 Å². The summed E-state index contributed by atoms with van der Waals surface area (Å²) in [7, 11) is 0. The normalized spacial score (nSPS) is 53.3. The second kappa shape index (κ2) is 7.28. The number of hydrogen-bond acceptors (Lipinski definition) is 7. The number of carbonyl (C=O) groups excluding carboxylic acids is 2. The summed E-state index contributed by atoms with van der Waals surface area (Å²) in [5, 5.41) is 35.7. The minimum Gasteiger partial charge on any atom is -0.456 e. The number of hydrogen-bond donors (Lipinski definition) is 3. The standard InChI is InChI=1S/C30H42O7/c1-16-7-8-21(36-24(16)34)28(6,35)18-9-11-26(4)19-13-17(31)23-25(2,3)37-22(33)10-12-29(23)15-30(19,29)14-20(32)27(18,26)5/h7,10,12,17-21,23,31-32,35H,8-9,11,13-15H2,1-6H3. The van der Waals surface area contributed by atoms with Crippen LogP contribution in [0.3, 0.4) is 0 Å². The highest BCUT2D eigenvalue weighted by Crippen LogP contribution is 2.87. The van der Waals surface area contributed by atoms with E-state index in [-0.39, 0.29) is 34.6 Å². The molecule has 4 aliphatic carbocycles. The summed E-state index contributed by atoms with van der Waals surface area (Å²) >= 11 is 0. The predicted octanol–water partition coefficient (Wildman–Crippen LogP) is 3.45. The number of esters is 2. The lowest BCUT2D eigenvalue weighted by Crippen LogP contribution is -2.66. The maximum atomic E-state index is 12.5. The van der Waals surface area contributed by atoms with E-state index in [1.165, 1.54) is 6.08 Å². The number of cyclic esters (lactones) is 2. The van der Waals surface area contributed by atoms with Gasteiger partial charge in [0, 0.05) is 34.8 Å². The Kier molecular flexibility index (Phi) is 5.03. The molecule has 2 heterocycles. The van der Waals surface area contributed by atoms with E-state index in [9.17, 15) is 24.9 Å². The van der Waals surface area contributed by atoms with Crippen LogP contribution in [-0.2, 0) is 19.1 Å². The topological polar surface area (TPSA) is 113 Å². The lowest BCUT2D eigenvalue weighted by Gasteiger charge is -2.64. The maximum absolute atomic E-state index is 12.5. The Morgan fingerprint density at radius 3 is 2.51 bits per heavy atom. The second-order valence-corrected chi connectivity index (χ2v) is 14.3. The molecule has 37 heavy (non-hydrogen) atoms. The van der Waals surface area contributed by atoms with Gasteiger partial charge < -0.3 is 24.8 Å². The second-order valence-electron chi connectivity index (χ2n) is 14.3. The molecule has 204 valence electrons. The average Bonchev–Trinajstić information content (AvgIpc) is 3.36. The molecule has 7 heteroatoms. The molecule has 0 saturated heterocycles. The van der Waals surface area contributed by atoms with Crippen molar-refractivity contribution in [3.05, 3.63) is 23.8 Å². The van der Waals surface area contributed by atoms with Gasteiger partial charge in [-0.2, -0.15) is 0 Å². The molecule has 4 fully saturated rings. The van der Waals surface area contributed by atoms with Crippen molar-refractivity contribution in [3.63, 3.8) is 0 Å². The Morgan fingerprint density at radius 2 is 1.84 bits per heavy atom. The SMILES string of the molecule is CC1=CCC(C(C)(O)C2CCC3(C)C4CC(O)C5C(C)(C)OC(=O)C=CC56CC46CC(O)C23C)OC1=O. The highest BCUT2D eigenvalue weighted by atomic mass is 16.6. The van der Waals surface area contributed by atoms with Gasteiger partial charge in [-0.3, -0.25) is 0 Å². The van der Waals surface area contributed by atoms with Crippen LogP contribution in [0, 0.1) is 39.4 Å². The van der Waals surface area contributed by atoms with Crippen molar-refractivity contribution in [2.75, 3.05) is 0 Å². The van der Waals surface area contributed by atoms with Crippen LogP contribution in [0.4, 0.5) is 0 Å². The first-order chi connectivity index (χ1) is 17.1. The Morgan fingerprint density at radius 1 is 1.14 bits per heavy atom. The molecule has 0 aromatic carbocycles. The fourth-order valence-corrected chi connectivity index (χ4v) is 10.8. The summed E-state index contributed by atoms with van der Waals surface area (Å²) in [5.41, 5.74) is -3.20. The number of aliphatic hydroxyl groups excluding tert-OH is 2. The third kappa shape index (κ3) is 2.89. The van der Waals surface area contributed by atoms with Crippen LogP contribution in [0.1, 0.15) is 80.1 Å². The van der Waals surface area contributed by atoms with Gasteiger partial charge in [0.1, 0.15) is 17.3 Å². The highest BCUT2D eigenvalue weighted by molar-refractivity contribution is 5.88. The van der Waals surface area contributed by atoms with Gasteiger partial charge >= 0.3 is 11.9 Å². The van der Waals surface area contributed by atoms with Crippen molar-refractivity contribution in [2.24, 2.45) is 39.4 Å². The van der Waals surface area contributed by atoms with Crippen molar-refractivity contribution in [3.8, 4) is 0 Å².